The molecule has 1 amide bonds. The molecule has 0 aromatic rings. The normalized spacial score (nSPS) is 26.4. The van der Waals surface area contributed by atoms with Gasteiger partial charge in [-0.1, -0.05) is 22.6 Å². The zero-order valence-electron chi connectivity index (χ0n) is 8.64. The summed E-state index contributed by atoms with van der Waals surface area (Å²) in [4.78, 5) is 11.8. The smallest absolute Gasteiger partial charge is 0.235 e. The van der Waals surface area contributed by atoms with Gasteiger partial charge in [0, 0.05) is 6.54 Å². The lowest BCUT2D eigenvalue weighted by molar-refractivity contribution is -0.123. The number of carbonyl (C=O) groups excluding carboxylic acids is 1. The monoisotopic (exact) mass is 327 g/mol. The summed E-state index contributed by atoms with van der Waals surface area (Å²) in [6.07, 6.45) is 4.53. The van der Waals surface area contributed by atoms with Gasteiger partial charge in [-0.2, -0.15) is 0 Å². The lowest BCUT2D eigenvalue weighted by Crippen LogP contribution is -2.40. The molecule has 82 valence electrons. The first-order chi connectivity index (χ1) is 6.69. The number of hydrogen-bond donors (Lipinski definition) is 1. The fourth-order valence-corrected chi connectivity index (χ4v) is 3.34. The Morgan fingerprint density at radius 1 is 1.57 bits per heavy atom. The molecular weight excluding hydrogens is 309 g/mol. The Hall–Kier alpha value is 0.550. The van der Waals surface area contributed by atoms with Crippen LogP contribution in [0.4, 0.5) is 0 Å². The molecule has 0 aromatic heterocycles. The molecular formula is C10H18INOS. The van der Waals surface area contributed by atoms with Crippen LogP contribution in [0.5, 0.6) is 0 Å². The zero-order valence-corrected chi connectivity index (χ0v) is 11.6. The van der Waals surface area contributed by atoms with E-state index in [1.165, 1.54) is 17.3 Å². The van der Waals surface area contributed by atoms with E-state index in [0.29, 0.717) is 0 Å². The summed E-state index contributed by atoms with van der Waals surface area (Å²) in [7, 11) is 0. The van der Waals surface area contributed by atoms with E-state index in [1.54, 1.807) is 11.8 Å². The average molecular weight is 327 g/mol. The molecule has 1 saturated heterocycles. The number of thioether (sulfide) groups is 1. The SMILES string of the molecule is CC1(C(=O)NCCCCI)CCCS1. The largest absolute Gasteiger partial charge is 0.355 e. The van der Waals surface area contributed by atoms with Crippen LogP contribution >= 0.6 is 34.4 Å². The Morgan fingerprint density at radius 2 is 2.36 bits per heavy atom. The number of alkyl halides is 1. The second-order valence-electron chi connectivity index (χ2n) is 3.83. The van der Waals surface area contributed by atoms with Gasteiger partial charge in [0.25, 0.3) is 0 Å². The molecule has 1 rings (SSSR count). The van der Waals surface area contributed by atoms with Crippen LogP contribution in [0, 0.1) is 0 Å². The number of nitrogens with one attached hydrogen (secondary N) is 1. The van der Waals surface area contributed by atoms with Crippen molar-refractivity contribution < 1.29 is 4.79 Å². The van der Waals surface area contributed by atoms with Crippen LogP contribution in [0.3, 0.4) is 0 Å². The van der Waals surface area contributed by atoms with Gasteiger partial charge in [0.05, 0.1) is 4.75 Å². The topological polar surface area (TPSA) is 29.1 Å². The van der Waals surface area contributed by atoms with Gasteiger partial charge in [0.1, 0.15) is 0 Å². The standard InChI is InChI=1S/C10H18INOS/c1-10(5-4-8-14-10)9(13)12-7-3-2-6-11/h2-8H2,1H3,(H,12,13). The second-order valence-corrected chi connectivity index (χ2v) is 6.51. The number of amides is 1. The van der Waals surface area contributed by atoms with E-state index < -0.39 is 0 Å². The molecule has 1 aliphatic heterocycles. The minimum atomic E-state index is -0.135. The Morgan fingerprint density at radius 3 is 2.93 bits per heavy atom. The first-order valence-corrected chi connectivity index (χ1v) is 7.68. The van der Waals surface area contributed by atoms with Crippen LogP contribution in [0.25, 0.3) is 0 Å². The molecule has 2 nitrogen and oxygen atoms in total. The van der Waals surface area contributed by atoms with Crippen molar-refractivity contribution in [2.75, 3.05) is 16.7 Å². The number of halogens is 1. The molecule has 1 unspecified atom stereocenters. The van der Waals surface area contributed by atoms with Crippen LogP contribution in [-0.4, -0.2) is 27.4 Å². The molecule has 14 heavy (non-hydrogen) atoms. The maximum Gasteiger partial charge on any atom is 0.235 e. The van der Waals surface area contributed by atoms with E-state index in [0.717, 1.165) is 25.1 Å². The third kappa shape index (κ3) is 3.61. The molecule has 0 saturated carbocycles. The minimum Gasteiger partial charge on any atom is -0.355 e. The summed E-state index contributed by atoms with van der Waals surface area (Å²) in [6, 6.07) is 0. The van der Waals surface area contributed by atoms with Gasteiger partial charge in [-0.05, 0) is 42.8 Å². The highest BCUT2D eigenvalue weighted by atomic mass is 127. The van der Waals surface area contributed by atoms with E-state index in [-0.39, 0.29) is 10.7 Å². The van der Waals surface area contributed by atoms with Gasteiger partial charge in [0.15, 0.2) is 0 Å². The van der Waals surface area contributed by atoms with E-state index in [4.69, 9.17) is 0 Å². The fourth-order valence-electron chi connectivity index (χ4n) is 1.57. The molecule has 0 spiro atoms. The summed E-state index contributed by atoms with van der Waals surface area (Å²) >= 11 is 4.17. The number of hydrogen-bond acceptors (Lipinski definition) is 2. The Kier molecular flexibility index (Phi) is 5.59. The zero-order chi connectivity index (χ0) is 10.4. The molecule has 1 heterocycles. The van der Waals surface area contributed by atoms with E-state index >= 15 is 0 Å². The summed E-state index contributed by atoms with van der Waals surface area (Å²) in [6.45, 7) is 2.91. The van der Waals surface area contributed by atoms with E-state index in [1.807, 2.05) is 0 Å². The highest BCUT2D eigenvalue weighted by Gasteiger charge is 2.36. The predicted molar refractivity (Wildman–Crippen MR) is 71.2 cm³/mol. The van der Waals surface area contributed by atoms with Gasteiger partial charge < -0.3 is 5.32 Å². The van der Waals surface area contributed by atoms with Crippen LogP contribution < -0.4 is 5.32 Å². The van der Waals surface area contributed by atoms with Crippen molar-refractivity contribution in [3.63, 3.8) is 0 Å². The lowest BCUT2D eigenvalue weighted by Gasteiger charge is -2.21. The Bertz CT molecular complexity index is 193. The molecule has 1 N–H and O–H groups in total. The molecule has 0 aliphatic carbocycles. The van der Waals surface area contributed by atoms with Crippen LogP contribution in [0.2, 0.25) is 0 Å². The Labute approximate surface area is 104 Å². The second kappa shape index (κ2) is 6.20. The van der Waals surface area contributed by atoms with Gasteiger partial charge in [0.2, 0.25) is 5.91 Å². The van der Waals surface area contributed by atoms with E-state index in [2.05, 4.69) is 34.8 Å². The molecule has 1 atom stereocenters. The van der Waals surface area contributed by atoms with Gasteiger partial charge in [-0.25, -0.2) is 0 Å². The maximum atomic E-state index is 11.8. The molecule has 0 radical (unpaired) electrons. The van der Waals surface area contributed by atoms with Crippen molar-refractivity contribution in [1.82, 2.24) is 5.32 Å². The molecule has 4 heteroatoms. The minimum absolute atomic E-state index is 0.135. The summed E-state index contributed by atoms with van der Waals surface area (Å²) in [5.74, 6) is 1.38. The highest BCUT2D eigenvalue weighted by Crippen LogP contribution is 2.37. The molecule has 1 aliphatic rings. The van der Waals surface area contributed by atoms with Crippen LogP contribution in [0.15, 0.2) is 0 Å². The quantitative estimate of drug-likeness (QED) is 0.478. The van der Waals surface area contributed by atoms with E-state index in [9.17, 15) is 4.79 Å². The van der Waals surface area contributed by atoms with Crippen LogP contribution in [-0.2, 0) is 4.79 Å². The third-order valence-corrected chi connectivity index (χ3v) is 4.83. The molecule has 1 fully saturated rings. The third-order valence-electron chi connectivity index (χ3n) is 2.55. The molecule has 0 aromatic carbocycles. The van der Waals surface area contributed by atoms with Crippen molar-refractivity contribution in [1.29, 1.82) is 0 Å². The first-order valence-electron chi connectivity index (χ1n) is 5.17. The van der Waals surface area contributed by atoms with Crippen molar-refractivity contribution >= 4 is 40.3 Å². The summed E-state index contributed by atoms with van der Waals surface area (Å²) in [5, 5.41) is 3.04. The van der Waals surface area contributed by atoms with Gasteiger partial charge >= 0.3 is 0 Å². The number of rotatable bonds is 5. The van der Waals surface area contributed by atoms with Crippen molar-refractivity contribution in [2.24, 2.45) is 0 Å². The van der Waals surface area contributed by atoms with Crippen molar-refractivity contribution in [3.8, 4) is 0 Å². The van der Waals surface area contributed by atoms with Crippen molar-refractivity contribution in [2.45, 2.75) is 37.4 Å². The Balaban J connectivity index is 2.20. The first kappa shape index (κ1) is 12.6. The lowest BCUT2D eigenvalue weighted by atomic mass is 10.1. The highest BCUT2D eigenvalue weighted by molar-refractivity contribution is 14.1. The maximum absolute atomic E-state index is 11.8. The average Bonchev–Trinajstić information content (AvgIpc) is 2.61. The van der Waals surface area contributed by atoms with Crippen LogP contribution in [0.1, 0.15) is 32.6 Å². The van der Waals surface area contributed by atoms with Crippen molar-refractivity contribution in [3.05, 3.63) is 0 Å². The summed E-state index contributed by atoms with van der Waals surface area (Å²) in [5.41, 5.74) is 0. The summed E-state index contributed by atoms with van der Waals surface area (Å²) < 4.78 is 1.05. The number of unbranched alkanes of at least 4 members (excludes halogenated alkanes) is 1. The fraction of sp³-hybridized carbons (Fsp3) is 0.900. The molecule has 0 bridgehead atoms. The van der Waals surface area contributed by atoms with Gasteiger partial charge in [-0.15, -0.1) is 11.8 Å². The number of carbonyl (C=O) groups is 1. The van der Waals surface area contributed by atoms with Gasteiger partial charge in [-0.3, -0.25) is 4.79 Å². The predicted octanol–water partition coefficient (Wildman–Crippen LogP) is 2.60.